The van der Waals surface area contributed by atoms with Gasteiger partial charge in [0.25, 0.3) is 17.5 Å². The second-order valence-corrected chi connectivity index (χ2v) is 7.59. The Hall–Kier alpha value is -4.53. The lowest BCUT2D eigenvalue weighted by atomic mass is 10.0. The molecule has 1 aliphatic rings. The van der Waals surface area contributed by atoms with E-state index in [0.29, 0.717) is 5.75 Å². The van der Waals surface area contributed by atoms with E-state index in [-0.39, 0.29) is 35.4 Å². The van der Waals surface area contributed by atoms with Gasteiger partial charge in [-0.05, 0) is 23.8 Å². The zero-order chi connectivity index (χ0) is 24.2. The quantitative estimate of drug-likeness (QED) is 0.218. The number of nitro benzene ring substituents is 1. The molecule has 0 spiro atoms. The summed E-state index contributed by atoms with van der Waals surface area (Å²) in [6.07, 6.45) is 0.0528. The van der Waals surface area contributed by atoms with Gasteiger partial charge in [-0.25, -0.2) is 4.79 Å². The fourth-order valence-electron chi connectivity index (χ4n) is 3.84. The van der Waals surface area contributed by atoms with Gasteiger partial charge in [-0.15, -0.1) is 0 Å². The lowest BCUT2D eigenvalue weighted by Crippen LogP contribution is -2.47. The normalized spacial score (nSPS) is 13.4. The van der Waals surface area contributed by atoms with E-state index < -0.39 is 28.7 Å². The van der Waals surface area contributed by atoms with Crippen LogP contribution in [0.1, 0.15) is 31.8 Å². The number of hydrogen-bond donors (Lipinski definition) is 0. The maximum atomic E-state index is 13.2. The molecule has 3 aromatic carbocycles. The maximum Gasteiger partial charge on any atom is 0.330 e. The summed E-state index contributed by atoms with van der Waals surface area (Å²) in [6.45, 7) is -0.335. The highest BCUT2D eigenvalue weighted by molar-refractivity contribution is 6.22. The summed E-state index contributed by atoms with van der Waals surface area (Å²) in [5, 5.41) is 11.1. The van der Waals surface area contributed by atoms with E-state index >= 15 is 0 Å². The van der Waals surface area contributed by atoms with Crippen LogP contribution in [0.2, 0.25) is 0 Å². The summed E-state index contributed by atoms with van der Waals surface area (Å²) in [4.78, 5) is 50.8. The number of carbonyl (C=O) groups is 3. The van der Waals surface area contributed by atoms with Crippen molar-refractivity contribution in [1.29, 1.82) is 0 Å². The second kappa shape index (κ2) is 9.53. The molecule has 9 heteroatoms. The number of nitrogens with zero attached hydrogens (tertiary/aromatic N) is 2. The van der Waals surface area contributed by atoms with Gasteiger partial charge >= 0.3 is 5.97 Å². The number of benzene rings is 3. The summed E-state index contributed by atoms with van der Waals surface area (Å²) in [5.41, 5.74) is 1.27. The van der Waals surface area contributed by atoms with E-state index in [2.05, 4.69) is 0 Å². The lowest BCUT2D eigenvalue weighted by molar-refractivity contribution is -0.385. The Kier molecular flexibility index (Phi) is 6.35. The Labute approximate surface area is 194 Å². The summed E-state index contributed by atoms with van der Waals surface area (Å²) in [6, 6.07) is 18.0. The van der Waals surface area contributed by atoms with Gasteiger partial charge in [0.2, 0.25) is 0 Å². The van der Waals surface area contributed by atoms with Crippen molar-refractivity contribution >= 4 is 23.5 Å². The summed E-state index contributed by atoms with van der Waals surface area (Å²) in [5.74, 6) is -1.66. The molecule has 0 N–H and O–H groups in total. The molecular formula is C25H20N2O7. The molecule has 4 rings (SSSR count). The van der Waals surface area contributed by atoms with Crippen LogP contribution >= 0.6 is 0 Å². The van der Waals surface area contributed by atoms with Gasteiger partial charge in [-0.1, -0.05) is 42.5 Å². The predicted molar refractivity (Wildman–Crippen MR) is 120 cm³/mol. The van der Waals surface area contributed by atoms with Crippen molar-refractivity contribution in [3.63, 3.8) is 0 Å². The number of nitro groups is 1. The van der Waals surface area contributed by atoms with Crippen molar-refractivity contribution < 1.29 is 28.8 Å². The maximum absolute atomic E-state index is 13.2. The number of fused-ring (bicyclic) bond motifs is 1. The van der Waals surface area contributed by atoms with Crippen molar-refractivity contribution in [2.45, 2.75) is 19.1 Å². The van der Waals surface area contributed by atoms with Gasteiger partial charge in [0.05, 0.1) is 23.2 Å². The predicted octanol–water partition coefficient (Wildman–Crippen LogP) is 3.55. The van der Waals surface area contributed by atoms with Crippen molar-refractivity contribution in [3.8, 4) is 5.75 Å². The molecule has 2 amide bonds. The third-order valence-corrected chi connectivity index (χ3v) is 5.53. The number of ether oxygens (including phenoxy) is 2. The lowest BCUT2D eigenvalue weighted by Gasteiger charge is -2.25. The molecule has 1 atom stereocenters. The second-order valence-electron chi connectivity index (χ2n) is 7.59. The van der Waals surface area contributed by atoms with E-state index in [4.69, 9.17) is 9.47 Å². The molecule has 3 aromatic rings. The summed E-state index contributed by atoms with van der Waals surface area (Å²) < 4.78 is 10.7. The number of esters is 1. The average molecular weight is 460 g/mol. The van der Waals surface area contributed by atoms with Gasteiger partial charge in [0.1, 0.15) is 18.4 Å². The first-order valence-corrected chi connectivity index (χ1v) is 10.4. The molecule has 172 valence electrons. The van der Waals surface area contributed by atoms with E-state index in [1.54, 1.807) is 36.4 Å². The Balaban J connectivity index is 1.62. The number of rotatable bonds is 8. The molecule has 1 aliphatic heterocycles. The molecule has 0 saturated carbocycles. The largest absolute Gasteiger partial charge is 0.496 e. The summed E-state index contributed by atoms with van der Waals surface area (Å²) >= 11 is 0. The van der Waals surface area contributed by atoms with Crippen molar-refractivity contribution in [2.75, 3.05) is 7.11 Å². The number of hydrogen-bond acceptors (Lipinski definition) is 7. The van der Waals surface area contributed by atoms with Gasteiger partial charge in [-0.2, -0.15) is 0 Å². The van der Waals surface area contributed by atoms with Gasteiger partial charge in [-0.3, -0.25) is 24.6 Å². The number of amides is 2. The number of imide groups is 1. The van der Waals surface area contributed by atoms with Crippen LogP contribution in [0.4, 0.5) is 5.69 Å². The molecule has 0 aromatic heterocycles. The Morgan fingerprint density at radius 3 is 2.18 bits per heavy atom. The highest BCUT2D eigenvalue weighted by Crippen LogP contribution is 2.28. The standard InChI is InChI=1S/C25H20N2O7/c1-33-22-12-11-18(27(31)32)14-17(22)15-34-25(30)21(13-16-7-3-2-4-8-16)26-23(28)19-9-5-6-10-20(19)24(26)29/h2-12,14,21H,13,15H2,1H3. The fourth-order valence-corrected chi connectivity index (χ4v) is 3.84. The van der Waals surface area contributed by atoms with E-state index in [0.717, 1.165) is 10.5 Å². The van der Waals surface area contributed by atoms with Crippen molar-refractivity contribution in [2.24, 2.45) is 0 Å². The third-order valence-electron chi connectivity index (χ3n) is 5.53. The Morgan fingerprint density at radius 2 is 1.59 bits per heavy atom. The molecule has 1 unspecified atom stereocenters. The van der Waals surface area contributed by atoms with E-state index in [1.807, 2.05) is 6.07 Å². The van der Waals surface area contributed by atoms with Crippen LogP contribution in [0.25, 0.3) is 0 Å². The van der Waals surface area contributed by atoms with Crippen LogP contribution < -0.4 is 4.74 Å². The molecule has 0 fully saturated rings. The SMILES string of the molecule is COc1ccc([N+](=O)[O-])cc1COC(=O)C(Cc1ccccc1)N1C(=O)c2ccccc2C1=O. The van der Waals surface area contributed by atoms with Crippen LogP contribution in [-0.4, -0.2) is 40.8 Å². The van der Waals surface area contributed by atoms with Crippen molar-refractivity contribution in [3.05, 3.63) is 105 Å². The van der Waals surface area contributed by atoms with E-state index in [9.17, 15) is 24.5 Å². The topological polar surface area (TPSA) is 116 Å². The highest BCUT2D eigenvalue weighted by atomic mass is 16.6. The number of carbonyl (C=O) groups excluding carboxylic acids is 3. The molecular weight excluding hydrogens is 440 g/mol. The minimum atomic E-state index is -1.22. The van der Waals surface area contributed by atoms with Crippen LogP contribution in [0.15, 0.2) is 72.8 Å². The fraction of sp³-hybridized carbons (Fsp3) is 0.160. The van der Waals surface area contributed by atoms with Gasteiger partial charge in [0.15, 0.2) is 0 Å². The van der Waals surface area contributed by atoms with Crippen molar-refractivity contribution in [1.82, 2.24) is 4.90 Å². The monoisotopic (exact) mass is 460 g/mol. The molecule has 1 heterocycles. The molecule has 0 radical (unpaired) electrons. The highest BCUT2D eigenvalue weighted by Gasteiger charge is 2.43. The molecule has 0 bridgehead atoms. The first-order valence-electron chi connectivity index (χ1n) is 10.4. The van der Waals surface area contributed by atoms with Crippen LogP contribution in [0.5, 0.6) is 5.75 Å². The zero-order valence-electron chi connectivity index (χ0n) is 18.2. The first-order chi connectivity index (χ1) is 16.4. The minimum Gasteiger partial charge on any atom is -0.496 e. The minimum absolute atomic E-state index is 0.0528. The number of methoxy groups -OCH3 is 1. The molecule has 0 aliphatic carbocycles. The molecule has 0 saturated heterocycles. The average Bonchev–Trinajstić information content (AvgIpc) is 3.11. The van der Waals surface area contributed by atoms with Crippen LogP contribution in [-0.2, 0) is 22.6 Å². The molecule has 34 heavy (non-hydrogen) atoms. The summed E-state index contributed by atoms with van der Waals surface area (Å²) in [7, 11) is 1.39. The molecule has 9 nitrogen and oxygen atoms in total. The Bertz CT molecular complexity index is 1240. The Morgan fingerprint density at radius 1 is 0.971 bits per heavy atom. The third kappa shape index (κ3) is 4.36. The smallest absolute Gasteiger partial charge is 0.330 e. The van der Waals surface area contributed by atoms with Gasteiger partial charge < -0.3 is 9.47 Å². The number of non-ortho nitro benzene ring substituents is 1. The van der Waals surface area contributed by atoms with Gasteiger partial charge in [0, 0.05) is 24.1 Å². The van der Waals surface area contributed by atoms with Crippen LogP contribution in [0.3, 0.4) is 0 Å². The zero-order valence-corrected chi connectivity index (χ0v) is 18.2. The first kappa shape index (κ1) is 22.7. The van der Waals surface area contributed by atoms with E-state index in [1.165, 1.54) is 37.4 Å². The van der Waals surface area contributed by atoms with Crippen LogP contribution in [0, 0.1) is 10.1 Å².